The van der Waals surface area contributed by atoms with Gasteiger partial charge in [0.25, 0.3) is 0 Å². The lowest BCUT2D eigenvalue weighted by molar-refractivity contribution is 0.224. The summed E-state index contributed by atoms with van der Waals surface area (Å²) in [4.78, 5) is 0. The topological polar surface area (TPSA) is 46.5 Å². The van der Waals surface area contributed by atoms with Crippen molar-refractivity contribution in [1.29, 1.82) is 0 Å². The number of rotatable bonds is 3. The van der Waals surface area contributed by atoms with Gasteiger partial charge in [0.1, 0.15) is 11.6 Å². The molecule has 0 radical (unpaired) electrons. The molecule has 3 rings (SSSR count). The maximum atomic E-state index is 13.2. The molecule has 1 N–H and O–H groups in total. The van der Waals surface area contributed by atoms with Crippen molar-refractivity contribution >= 4 is 12.7 Å². The van der Waals surface area contributed by atoms with Gasteiger partial charge < -0.3 is 9.63 Å². The Morgan fingerprint density at radius 1 is 1.10 bits per heavy atom. The van der Waals surface area contributed by atoms with Crippen LogP contribution in [0, 0.1) is 0 Å². The summed E-state index contributed by atoms with van der Waals surface area (Å²) >= 11 is 0. The van der Waals surface area contributed by atoms with Gasteiger partial charge in [0.05, 0.1) is 5.30 Å². The molecular formula is C16H17O3P. The lowest BCUT2D eigenvalue weighted by Gasteiger charge is -2.31. The maximum absolute atomic E-state index is 13.2. The van der Waals surface area contributed by atoms with Crippen molar-refractivity contribution in [2.45, 2.75) is 25.6 Å². The van der Waals surface area contributed by atoms with Gasteiger partial charge in [-0.2, -0.15) is 0 Å². The Labute approximate surface area is 118 Å². The lowest BCUT2D eigenvalue weighted by atomic mass is 10.0. The van der Waals surface area contributed by atoms with Crippen LogP contribution in [-0.2, 0) is 4.57 Å². The average molecular weight is 288 g/mol. The summed E-state index contributed by atoms with van der Waals surface area (Å²) in [7, 11) is -3.29. The Balaban J connectivity index is 2.20. The first-order valence-electron chi connectivity index (χ1n) is 6.83. The van der Waals surface area contributed by atoms with Crippen LogP contribution >= 0.6 is 7.37 Å². The normalized spacial score (nSPS) is 21.5. The molecule has 2 aromatic rings. The molecule has 3 nitrogen and oxygen atoms in total. The van der Waals surface area contributed by atoms with Crippen LogP contribution in [0.2, 0.25) is 0 Å². The molecule has 0 aliphatic carbocycles. The fourth-order valence-corrected chi connectivity index (χ4v) is 5.00. The number of hydrogen-bond acceptors (Lipinski definition) is 3. The summed E-state index contributed by atoms with van der Waals surface area (Å²) in [5, 5.41) is 10.9. The average Bonchev–Trinajstić information content (AvgIpc) is 2.48. The van der Waals surface area contributed by atoms with E-state index in [-0.39, 0.29) is 0 Å². The first-order chi connectivity index (χ1) is 9.66. The summed E-state index contributed by atoms with van der Waals surface area (Å²) in [6, 6.07) is 15.0. The molecule has 0 saturated carbocycles. The molecule has 4 heteroatoms. The van der Waals surface area contributed by atoms with Crippen LogP contribution in [0.1, 0.15) is 19.8 Å². The van der Waals surface area contributed by atoms with Crippen molar-refractivity contribution in [2.24, 2.45) is 0 Å². The highest BCUT2D eigenvalue weighted by atomic mass is 31.2. The first kappa shape index (κ1) is 13.4. The molecular weight excluding hydrogens is 271 g/mol. The molecule has 104 valence electrons. The van der Waals surface area contributed by atoms with Gasteiger partial charge in [0, 0.05) is 5.56 Å². The second kappa shape index (κ2) is 5.08. The minimum absolute atomic E-state index is 0.466. The van der Waals surface area contributed by atoms with Gasteiger partial charge in [-0.05, 0) is 24.1 Å². The molecule has 2 atom stereocenters. The van der Waals surface area contributed by atoms with Gasteiger partial charge in [-0.25, -0.2) is 0 Å². The third-order valence-electron chi connectivity index (χ3n) is 3.59. The molecule has 1 aliphatic rings. The SMILES string of the molecule is CCCC(O)P1(=O)Oc2ccccc2-c2ccccc21. The number of fused-ring (bicyclic) bond motifs is 3. The molecule has 0 fully saturated rings. The molecule has 20 heavy (non-hydrogen) atoms. The quantitative estimate of drug-likeness (QED) is 0.875. The molecule has 0 saturated heterocycles. The van der Waals surface area contributed by atoms with E-state index in [4.69, 9.17) is 4.52 Å². The zero-order valence-corrected chi connectivity index (χ0v) is 12.2. The highest BCUT2D eigenvalue weighted by molar-refractivity contribution is 7.68. The predicted molar refractivity (Wildman–Crippen MR) is 80.7 cm³/mol. The largest absolute Gasteiger partial charge is 0.438 e. The molecule has 0 bridgehead atoms. The van der Waals surface area contributed by atoms with E-state index < -0.39 is 13.2 Å². The summed E-state index contributed by atoms with van der Waals surface area (Å²) < 4.78 is 19.0. The fourth-order valence-electron chi connectivity index (χ4n) is 2.59. The summed E-state index contributed by atoms with van der Waals surface area (Å²) in [5.41, 5.74) is 1.83. The van der Waals surface area contributed by atoms with Gasteiger partial charge >= 0.3 is 7.37 Å². The van der Waals surface area contributed by atoms with Crippen molar-refractivity contribution in [2.75, 3.05) is 0 Å². The summed E-state index contributed by atoms with van der Waals surface area (Å²) in [6.45, 7) is 1.96. The highest BCUT2D eigenvalue weighted by Gasteiger charge is 2.41. The Morgan fingerprint density at radius 2 is 1.75 bits per heavy atom. The first-order valence-corrected chi connectivity index (χ1v) is 8.52. The Bertz CT molecular complexity index is 681. The van der Waals surface area contributed by atoms with Crippen molar-refractivity contribution in [3.05, 3.63) is 48.5 Å². The van der Waals surface area contributed by atoms with Crippen LogP contribution in [0.3, 0.4) is 0 Å². The molecule has 0 spiro atoms. The second-order valence-electron chi connectivity index (χ2n) is 4.97. The number of aliphatic hydroxyl groups is 1. The van der Waals surface area contributed by atoms with Crippen molar-refractivity contribution in [3.63, 3.8) is 0 Å². The van der Waals surface area contributed by atoms with E-state index in [1.54, 1.807) is 12.1 Å². The van der Waals surface area contributed by atoms with Gasteiger partial charge in [0.15, 0.2) is 0 Å². The van der Waals surface area contributed by atoms with Gasteiger partial charge in [-0.3, -0.25) is 4.57 Å². The Hall–Kier alpha value is -1.57. The van der Waals surface area contributed by atoms with Crippen LogP contribution in [0.5, 0.6) is 5.75 Å². The van der Waals surface area contributed by atoms with Crippen LogP contribution in [0.25, 0.3) is 11.1 Å². The lowest BCUT2D eigenvalue weighted by Crippen LogP contribution is -2.25. The molecule has 1 aliphatic heterocycles. The fraction of sp³-hybridized carbons (Fsp3) is 0.250. The van der Waals surface area contributed by atoms with Crippen LogP contribution in [0.4, 0.5) is 0 Å². The number of hydrogen-bond donors (Lipinski definition) is 1. The van der Waals surface area contributed by atoms with Crippen molar-refractivity contribution in [3.8, 4) is 16.9 Å². The monoisotopic (exact) mass is 288 g/mol. The van der Waals surface area contributed by atoms with Crippen LogP contribution < -0.4 is 9.83 Å². The van der Waals surface area contributed by atoms with E-state index in [1.807, 2.05) is 43.3 Å². The smallest absolute Gasteiger partial charge is 0.305 e. The van der Waals surface area contributed by atoms with E-state index in [1.165, 1.54) is 0 Å². The standard InChI is InChI=1S/C16H17O3P/c1-2-7-16(17)20(18)15-11-6-4-9-13(15)12-8-3-5-10-14(12)19-20/h3-6,8-11,16-17H,2,7H2,1H3. The third kappa shape index (κ3) is 1.98. The van der Waals surface area contributed by atoms with Gasteiger partial charge in [-0.1, -0.05) is 49.7 Å². The van der Waals surface area contributed by atoms with Gasteiger partial charge in [0.2, 0.25) is 0 Å². The number of para-hydroxylation sites is 1. The van der Waals surface area contributed by atoms with E-state index in [0.29, 0.717) is 17.5 Å². The molecule has 1 heterocycles. The minimum Gasteiger partial charge on any atom is -0.438 e. The Morgan fingerprint density at radius 3 is 2.50 bits per heavy atom. The predicted octanol–water partition coefficient (Wildman–Crippen LogP) is 3.77. The van der Waals surface area contributed by atoms with E-state index in [0.717, 1.165) is 17.5 Å². The third-order valence-corrected chi connectivity index (χ3v) is 6.16. The Kier molecular flexibility index (Phi) is 3.41. The zero-order chi connectivity index (χ0) is 14.2. The van der Waals surface area contributed by atoms with E-state index in [2.05, 4.69) is 0 Å². The van der Waals surface area contributed by atoms with E-state index in [9.17, 15) is 9.67 Å². The number of benzene rings is 2. The van der Waals surface area contributed by atoms with Crippen molar-refractivity contribution in [1.82, 2.24) is 0 Å². The maximum Gasteiger partial charge on any atom is 0.305 e. The molecule has 2 aromatic carbocycles. The number of aliphatic hydroxyl groups excluding tert-OH is 1. The van der Waals surface area contributed by atoms with Gasteiger partial charge in [-0.15, -0.1) is 0 Å². The van der Waals surface area contributed by atoms with E-state index >= 15 is 0 Å². The molecule has 0 aromatic heterocycles. The summed E-state index contributed by atoms with van der Waals surface area (Å²) in [6.07, 6.45) is 1.23. The van der Waals surface area contributed by atoms with Crippen LogP contribution in [-0.4, -0.2) is 11.0 Å². The highest BCUT2D eigenvalue weighted by Crippen LogP contribution is 2.57. The van der Waals surface area contributed by atoms with Crippen LogP contribution in [0.15, 0.2) is 48.5 Å². The molecule has 2 unspecified atom stereocenters. The summed E-state index contributed by atoms with van der Waals surface area (Å²) in [5.74, 6) is -0.369. The minimum atomic E-state index is -3.29. The van der Waals surface area contributed by atoms with Crippen molar-refractivity contribution < 1.29 is 14.2 Å². The second-order valence-corrected chi connectivity index (χ2v) is 7.43. The molecule has 0 amide bonds. The zero-order valence-electron chi connectivity index (χ0n) is 11.3.